The molecule has 6 heteroatoms. The van der Waals surface area contributed by atoms with Crippen LogP contribution in [0.15, 0.2) is 24.3 Å². The van der Waals surface area contributed by atoms with E-state index < -0.39 is 0 Å². The van der Waals surface area contributed by atoms with E-state index in [4.69, 9.17) is 4.74 Å². The van der Waals surface area contributed by atoms with Crippen LogP contribution in [0.2, 0.25) is 0 Å². The van der Waals surface area contributed by atoms with Gasteiger partial charge < -0.3 is 4.74 Å². The second-order valence-electron chi connectivity index (χ2n) is 5.60. The van der Waals surface area contributed by atoms with Gasteiger partial charge in [0.2, 0.25) is 5.82 Å². The first-order chi connectivity index (χ1) is 10.7. The van der Waals surface area contributed by atoms with Gasteiger partial charge in [-0.25, -0.2) is 0 Å². The van der Waals surface area contributed by atoms with E-state index in [1.54, 1.807) is 0 Å². The summed E-state index contributed by atoms with van der Waals surface area (Å²) in [5, 5.41) is 14.2. The molecular formula is C16H21N5O. The number of hydrogen-bond acceptors (Lipinski definition) is 5. The van der Waals surface area contributed by atoms with Crippen molar-refractivity contribution in [3.05, 3.63) is 41.2 Å². The number of benzene rings is 1. The van der Waals surface area contributed by atoms with Crippen molar-refractivity contribution in [2.75, 3.05) is 26.2 Å². The van der Waals surface area contributed by atoms with E-state index in [0.29, 0.717) is 12.4 Å². The molecule has 0 amide bonds. The quantitative estimate of drug-likeness (QED) is 0.914. The third-order valence-corrected chi connectivity index (χ3v) is 3.93. The number of ether oxygens (including phenoxy) is 1. The number of aromatic nitrogens is 4. The maximum Gasteiger partial charge on any atom is 0.201 e. The standard InChI is InChI=1S/C16H21N5O/c1-12-5-3-6-13(2)15(12)22-10-9-21-8-4-7-14(11-21)16-17-19-20-18-16/h3,5-7H,4,8-11H2,1-2H3,(H,17,18,19,20). The summed E-state index contributed by atoms with van der Waals surface area (Å²) in [5.74, 6) is 1.70. The van der Waals surface area contributed by atoms with Crippen LogP contribution in [-0.2, 0) is 0 Å². The van der Waals surface area contributed by atoms with Crippen molar-refractivity contribution in [1.82, 2.24) is 25.5 Å². The Morgan fingerprint density at radius 1 is 1.27 bits per heavy atom. The van der Waals surface area contributed by atoms with Crippen LogP contribution in [0.25, 0.3) is 5.57 Å². The molecule has 0 aliphatic carbocycles. The fraction of sp³-hybridized carbons (Fsp3) is 0.438. The molecule has 1 aliphatic heterocycles. The predicted octanol–water partition coefficient (Wildman–Crippen LogP) is 1.98. The van der Waals surface area contributed by atoms with E-state index in [-0.39, 0.29) is 0 Å². The molecule has 0 bridgehead atoms. The van der Waals surface area contributed by atoms with Gasteiger partial charge >= 0.3 is 0 Å². The fourth-order valence-electron chi connectivity index (χ4n) is 2.76. The van der Waals surface area contributed by atoms with E-state index in [1.807, 2.05) is 0 Å². The molecule has 0 atom stereocenters. The zero-order chi connectivity index (χ0) is 15.4. The minimum atomic E-state index is 0.686. The zero-order valence-electron chi connectivity index (χ0n) is 13.0. The number of aromatic amines is 1. The molecule has 0 unspecified atom stereocenters. The van der Waals surface area contributed by atoms with E-state index in [1.165, 1.54) is 11.1 Å². The highest BCUT2D eigenvalue weighted by molar-refractivity contribution is 5.61. The molecule has 1 aliphatic rings. The summed E-state index contributed by atoms with van der Waals surface area (Å²) >= 11 is 0. The first kappa shape index (κ1) is 14.7. The Balaban J connectivity index is 1.53. The SMILES string of the molecule is Cc1cccc(C)c1OCCN1CCC=C(c2nn[nH]n2)C1. The molecule has 2 heterocycles. The fourth-order valence-corrected chi connectivity index (χ4v) is 2.76. The largest absolute Gasteiger partial charge is 0.492 e. The van der Waals surface area contributed by atoms with Crippen LogP contribution in [0.5, 0.6) is 5.75 Å². The lowest BCUT2D eigenvalue weighted by molar-refractivity contribution is 0.222. The van der Waals surface area contributed by atoms with Gasteiger partial charge in [0.05, 0.1) is 0 Å². The molecule has 22 heavy (non-hydrogen) atoms. The van der Waals surface area contributed by atoms with Crippen molar-refractivity contribution >= 4 is 5.57 Å². The summed E-state index contributed by atoms with van der Waals surface area (Å²) < 4.78 is 5.99. The molecule has 1 aromatic heterocycles. The number of aryl methyl sites for hydroxylation is 2. The summed E-state index contributed by atoms with van der Waals surface area (Å²) in [5.41, 5.74) is 3.50. The third-order valence-electron chi connectivity index (χ3n) is 3.93. The predicted molar refractivity (Wildman–Crippen MR) is 84.6 cm³/mol. The number of nitrogens with zero attached hydrogens (tertiary/aromatic N) is 4. The summed E-state index contributed by atoms with van der Waals surface area (Å²) in [4.78, 5) is 2.36. The Kier molecular flexibility index (Phi) is 4.48. The van der Waals surface area contributed by atoms with E-state index in [0.717, 1.165) is 37.4 Å². The maximum absolute atomic E-state index is 5.99. The molecular weight excluding hydrogens is 278 g/mol. The second-order valence-corrected chi connectivity index (χ2v) is 5.60. The van der Waals surface area contributed by atoms with Gasteiger partial charge in [-0.2, -0.15) is 5.21 Å². The average Bonchev–Trinajstić information content (AvgIpc) is 3.05. The highest BCUT2D eigenvalue weighted by Gasteiger charge is 2.16. The molecule has 116 valence electrons. The lowest BCUT2D eigenvalue weighted by Crippen LogP contribution is -2.33. The van der Waals surface area contributed by atoms with Gasteiger partial charge in [0.1, 0.15) is 12.4 Å². The van der Waals surface area contributed by atoms with Crippen molar-refractivity contribution < 1.29 is 4.74 Å². The van der Waals surface area contributed by atoms with Crippen molar-refractivity contribution in [3.63, 3.8) is 0 Å². The Hall–Kier alpha value is -2.21. The van der Waals surface area contributed by atoms with Crippen molar-refractivity contribution in [1.29, 1.82) is 0 Å². The second kappa shape index (κ2) is 6.70. The molecule has 6 nitrogen and oxygen atoms in total. The molecule has 0 spiro atoms. The Morgan fingerprint density at radius 3 is 2.82 bits per heavy atom. The monoisotopic (exact) mass is 299 g/mol. The van der Waals surface area contributed by atoms with Gasteiger partial charge in [-0.3, -0.25) is 4.90 Å². The van der Waals surface area contributed by atoms with Crippen molar-refractivity contribution in [3.8, 4) is 5.75 Å². The van der Waals surface area contributed by atoms with Crippen LogP contribution in [0.4, 0.5) is 0 Å². The molecule has 2 aromatic rings. The van der Waals surface area contributed by atoms with Gasteiger partial charge in [-0.05, 0) is 36.6 Å². The van der Waals surface area contributed by atoms with Crippen LogP contribution < -0.4 is 4.74 Å². The first-order valence-electron chi connectivity index (χ1n) is 7.58. The van der Waals surface area contributed by atoms with Crippen LogP contribution in [0.1, 0.15) is 23.4 Å². The molecule has 3 rings (SSSR count). The summed E-state index contributed by atoms with van der Waals surface area (Å²) in [6.07, 6.45) is 3.20. The minimum absolute atomic E-state index is 0.686. The number of H-pyrrole nitrogens is 1. The van der Waals surface area contributed by atoms with Crippen LogP contribution >= 0.6 is 0 Å². The summed E-state index contributed by atoms with van der Waals surface area (Å²) in [7, 11) is 0. The molecule has 1 aromatic carbocycles. The Morgan fingerprint density at radius 2 is 2.09 bits per heavy atom. The molecule has 0 fully saturated rings. The number of para-hydroxylation sites is 1. The van der Waals surface area contributed by atoms with Gasteiger partial charge in [0, 0.05) is 25.2 Å². The highest BCUT2D eigenvalue weighted by atomic mass is 16.5. The summed E-state index contributed by atoms with van der Waals surface area (Å²) in [6.45, 7) is 7.63. The van der Waals surface area contributed by atoms with Gasteiger partial charge in [-0.15, -0.1) is 10.2 Å². The number of hydrogen-bond donors (Lipinski definition) is 1. The Labute approximate surface area is 130 Å². The van der Waals surface area contributed by atoms with E-state index in [9.17, 15) is 0 Å². The third kappa shape index (κ3) is 3.33. The number of rotatable bonds is 5. The Bertz CT molecular complexity index is 630. The van der Waals surface area contributed by atoms with Crippen LogP contribution in [-0.4, -0.2) is 51.8 Å². The normalized spacial score (nSPS) is 15.6. The highest BCUT2D eigenvalue weighted by Crippen LogP contribution is 2.22. The van der Waals surface area contributed by atoms with Crippen LogP contribution in [0.3, 0.4) is 0 Å². The van der Waals surface area contributed by atoms with Crippen LogP contribution in [0, 0.1) is 13.8 Å². The lowest BCUT2D eigenvalue weighted by atomic mass is 10.1. The number of nitrogens with one attached hydrogen (secondary N) is 1. The molecule has 0 radical (unpaired) electrons. The lowest BCUT2D eigenvalue weighted by Gasteiger charge is -2.26. The number of tetrazole rings is 1. The van der Waals surface area contributed by atoms with Gasteiger partial charge in [0.15, 0.2) is 0 Å². The average molecular weight is 299 g/mol. The van der Waals surface area contributed by atoms with E-state index >= 15 is 0 Å². The maximum atomic E-state index is 5.99. The smallest absolute Gasteiger partial charge is 0.201 e. The van der Waals surface area contributed by atoms with Gasteiger partial charge in [-0.1, -0.05) is 24.3 Å². The first-order valence-corrected chi connectivity index (χ1v) is 7.58. The minimum Gasteiger partial charge on any atom is -0.492 e. The topological polar surface area (TPSA) is 66.9 Å². The molecule has 0 saturated carbocycles. The molecule has 0 saturated heterocycles. The zero-order valence-corrected chi connectivity index (χ0v) is 13.0. The van der Waals surface area contributed by atoms with Gasteiger partial charge in [0.25, 0.3) is 0 Å². The molecule has 1 N–H and O–H groups in total. The summed E-state index contributed by atoms with van der Waals surface area (Å²) in [6, 6.07) is 6.23. The van der Waals surface area contributed by atoms with Crippen molar-refractivity contribution in [2.45, 2.75) is 20.3 Å². The van der Waals surface area contributed by atoms with Crippen molar-refractivity contribution in [2.24, 2.45) is 0 Å². The van der Waals surface area contributed by atoms with E-state index in [2.05, 4.69) is 63.6 Å².